The molecular formula is C19H21FN2O5S. The molecule has 1 atom stereocenters. The van der Waals surface area contributed by atoms with Crippen molar-refractivity contribution in [2.75, 3.05) is 29.1 Å². The van der Waals surface area contributed by atoms with Crippen molar-refractivity contribution >= 4 is 27.3 Å². The van der Waals surface area contributed by atoms with Crippen molar-refractivity contribution in [2.45, 2.75) is 19.4 Å². The molecule has 0 bridgehead atoms. The van der Waals surface area contributed by atoms with Crippen molar-refractivity contribution in [1.29, 1.82) is 0 Å². The summed E-state index contributed by atoms with van der Waals surface area (Å²) < 4.78 is 49.9. The van der Waals surface area contributed by atoms with E-state index in [2.05, 4.69) is 5.32 Å². The molecule has 2 aromatic rings. The van der Waals surface area contributed by atoms with E-state index >= 15 is 0 Å². The van der Waals surface area contributed by atoms with E-state index < -0.39 is 27.8 Å². The summed E-state index contributed by atoms with van der Waals surface area (Å²) in [5.74, 6) is 0.0934. The molecule has 1 aliphatic heterocycles. The maximum absolute atomic E-state index is 13.2. The minimum absolute atomic E-state index is 0.216. The van der Waals surface area contributed by atoms with Crippen LogP contribution < -0.4 is 19.1 Å². The summed E-state index contributed by atoms with van der Waals surface area (Å²) in [6, 6.07) is 8.92. The number of nitrogens with zero attached hydrogens (tertiary/aromatic N) is 1. The number of fused-ring (bicyclic) bond motifs is 1. The number of carbonyl (C=O) groups excluding carboxylic acids is 1. The molecular weight excluding hydrogens is 387 g/mol. The summed E-state index contributed by atoms with van der Waals surface area (Å²) in [6.45, 7) is 2.57. The topological polar surface area (TPSA) is 84.9 Å². The molecule has 1 aliphatic rings. The molecule has 1 heterocycles. The Labute approximate surface area is 163 Å². The number of hydrogen-bond acceptors (Lipinski definition) is 5. The van der Waals surface area contributed by atoms with Crippen LogP contribution >= 0.6 is 0 Å². The van der Waals surface area contributed by atoms with Gasteiger partial charge in [-0.1, -0.05) is 6.92 Å². The van der Waals surface area contributed by atoms with Gasteiger partial charge in [-0.05, 0) is 42.8 Å². The number of carbonyl (C=O) groups is 1. The van der Waals surface area contributed by atoms with E-state index in [1.54, 1.807) is 25.1 Å². The minimum Gasteiger partial charge on any atom is -0.486 e. The fraction of sp³-hybridized carbons (Fsp3) is 0.316. The first-order chi connectivity index (χ1) is 13.3. The zero-order valence-corrected chi connectivity index (χ0v) is 16.3. The summed E-state index contributed by atoms with van der Waals surface area (Å²) in [5.41, 5.74) is 0.674. The zero-order chi connectivity index (χ0) is 20.3. The molecule has 0 aliphatic carbocycles. The van der Waals surface area contributed by atoms with E-state index in [1.807, 2.05) is 0 Å². The molecule has 0 radical (unpaired) electrons. The lowest BCUT2D eigenvalue weighted by molar-refractivity contribution is -0.117. The van der Waals surface area contributed by atoms with Crippen LogP contribution in [0.15, 0.2) is 42.5 Å². The Bertz CT molecular complexity index is 963. The summed E-state index contributed by atoms with van der Waals surface area (Å²) in [4.78, 5) is 12.9. The molecule has 0 saturated heterocycles. The van der Waals surface area contributed by atoms with Crippen molar-refractivity contribution in [3.8, 4) is 11.5 Å². The highest BCUT2D eigenvalue weighted by molar-refractivity contribution is 7.92. The van der Waals surface area contributed by atoms with Crippen molar-refractivity contribution in [3.05, 3.63) is 48.3 Å². The first-order valence-corrected chi connectivity index (χ1v) is 10.6. The van der Waals surface area contributed by atoms with E-state index in [-0.39, 0.29) is 12.1 Å². The van der Waals surface area contributed by atoms with Gasteiger partial charge in [0.15, 0.2) is 11.5 Å². The Morgan fingerprint density at radius 3 is 2.39 bits per heavy atom. The Hall–Kier alpha value is -2.81. The molecule has 1 N–H and O–H groups in total. The smallest absolute Gasteiger partial charge is 0.248 e. The third-order valence-electron chi connectivity index (χ3n) is 4.22. The first kappa shape index (κ1) is 19.9. The third-order valence-corrected chi connectivity index (χ3v) is 5.40. The van der Waals surface area contributed by atoms with E-state index in [1.165, 1.54) is 12.1 Å². The van der Waals surface area contributed by atoms with Gasteiger partial charge in [0.05, 0.1) is 11.9 Å². The predicted octanol–water partition coefficient (Wildman–Crippen LogP) is 2.78. The number of hydrogen-bond donors (Lipinski definition) is 1. The molecule has 0 spiro atoms. The van der Waals surface area contributed by atoms with E-state index in [0.717, 1.165) is 22.7 Å². The Kier molecular flexibility index (Phi) is 5.73. The van der Waals surface area contributed by atoms with Crippen molar-refractivity contribution in [2.24, 2.45) is 0 Å². The van der Waals surface area contributed by atoms with Gasteiger partial charge in [-0.15, -0.1) is 0 Å². The van der Waals surface area contributed by atoms with Crippen LogP contribution in [-0.4, -0.2) is 39.8 Å². The predicted molar refractivity (Wildman–Crippen MR) is 104 cm³/mol. The van der Waals surface area contributed by atoms with Gasteiger partial charge in [0.1, 0.15) is 25.1 Å². The van der Waals surface area contributed by atoms with Crippen LogP contribution in [-0.2, 0) is 14.8 Å². The maximum atomic E-state index is 13.2. The second kappa shape index (κ2) is 8.05. The fourth-order valence-electron chi connectivity index (χ4n) is 2.99. The average Bonchev–Trinajstić information content (AvgIpc) is 2.66. The second-order valence-corrected chi connectivity index (χ2v) is 8.17. The van der Waals surface area contributed by atoms with E-state index in [9.17, 15) is 17.6 Å². The van der Waals surface area contributed by atoms with Gasteiger partial charge < -0.3 is 14.8 Å². The van der Waals surface area contributed by atoms with E-state index in [0.29, 0.717) is 30.4 Å². The minimum atomic E-state index is -3.79. The third kappa shape index (κ3) is 4.36. The SMILES string of the molecule is CC[C@@H](C(=O)Nc1ccc2c(c1)OCCO2)N(c1ccc(F)cc1)S(C)(=O)=O. The van der Waals surface area contributed by atoms with Crippen LogP contribution in [0.2, 0.25) is 0 Å². The highest BCUT2D eigenvalue weighted by Gasteiger charge is 2.31. The van der Waals surface area contributed by atoms with Gasteiger partial charge in [0.2, 0.25) is 15.9 Å². The van der Waals surface area contributed by atoms with Crippen LogP contribution in [0.1, 0.15) is 13.3 Å². The van der Waals surface area contributed by atoms with Crippen molar-refractivity contribution in [1.82, 2.24) is 0 Å². The molecule has 2 aromatic carbocycles. The molecule has 9 heteroatoms. The number of sulfonamides is 1. The normalized spacial score (nSPS) is 14.2. The molecule has 0 fully saturated rings. The highest BCUT2D eigenvalue weighted by Crippen LogP contribution is 2.33. The van der Waals surface area contributed by atoms with Crippen molar-refractivity contribution in [3.63, 3.8) is 0 Å². The molecule has 7 nitrogen and oxygen atoms in total. The quantitative estimate of drug-likeness (QED) is 0.795. The molecule has 150 valence electrons. The Morgan fingerprint density at radius 2 is 1.79 bits per heavy atom. The van der Waals surface area contributed by atoms with Gasteiger partial charge in [-0.2, -0.15) is 0 Å². The average molecular weight is 408 g/mol. The summed E-state index contributed by atoms with van der Waals surface area (Å²) >= 11 is 0. The second-order valence-electron chi connectivity index (χ2n) is 6.31. The van der Waals surface area contributed by atoms with Gasteiger partial charge in [-0.3, -0.25) is 9.10 Å². The summed E-state index contributed by atoms with van der Waals surface area (Å²) in [5, 5.41) is 2.72. The van der Waals surface area contributed by atoms with Crippen LogP contribution in [0.4, 0.5) is 15.8 Å². The van der Waals surface area contributed by atoms with Crippen LogP contribution in [0.3, 0.4) is 0 Å². The molecule has 3 rings (SSSR count). The molecule has 0 aromatic heterocycles. The number of halogens is 1. The van der Waals surface area contributed by atoms with Crippen LogP contribution in [0, 0.1) is 5.82 Å². The molecule has 28 heavy (non-hydrogen) atoms. The van der Waals surface area contributed by atoms with Gasteiger partial charge in [0.25, 0.3) is 0 Å². The molecule has 1 amide bonds. The number of rotatable bonds is 6. The largest absolute Gasteiger partial charge is 0.486 e. The number of benzene rings is 2. The standard InChI is InChI=1S/C19H21FN2O5S/c1-3-16(22(28(2,24)25)15-7-4-13(20)5-8-15)19(23)21-14-6-9-17-18(12-14)27-11-10-26-17/h4-9,12,16H,3,10-11H2,1-2H3,(H,21,23)/t16-/m0/s1. The Balaban J connectivity index is 1.87. The monoisotopic (exact) mass is 408 g/mol. The zero-order valence-electron chi connectivity index (χ0n) is 15.5. The Morgan fingerprint density at radius 1 is 1.14 bits per heavy atom. The number of amides is 1. The van der Waals surface area contributed by atoms with Gasteiger partial charge in [0, 0.05) is 11.8 Å². The lowest BCUT2D eigenvalue weighted by Crippen LogP contribution is -2.47. The first-order valence-electron chi connectivity index (χ1n) is 8.75. The van der Waals surface area contributed by atoms with Crippen LogP contribution in [0.25, 0.3) is 0 Å². The lowest BCUT2D eigenvalue weighted by atomic mass is 10.1. The number of anilines is 2. The summed E-state index contributed by atoms with van der Waals surface area (Å²) in [6.07, 6.45) is 1.23. The number of nitrogens with one attached hydrogen (secondary N) is 1. The fourth-order valence-corrected chi connectivity index (χ4v) is 4.21. The maximum Gasteiger partial charge on any atom is 0.248 e. The van der Waals surface area contributed by atoms with Crippen molar-refractivity contribution < 1.29 is 27.1 Å². The molecule has 0 saturated carbocycles. The van der Waals surface area contributed by atoms with Gasteiger partial charge >= 0.3 is 0 Å². The van der Waals surface area contributed by atoms with E-state index in [4.69, 9.17) is 9.47 Å². The summed E-state index contributed by atoms with van der Waals surface area (Å²) in [7, 11) is -3.79. The van der Waals surface area contributed by atoms with Gasteiger partial charge in [-0.25, -0.2) is 12.8 Å². The number of ether oxygens (including phenoxy) is 2. The lowest BCUT2D eigenvalue weighted by Gasteiger charge is -2.30. The highest BCUT2D eigenvalue weighted by atomic mass is 32.2. The van der Waals surface area contributed by atoms with Crippen LogP contribution in [0.5, 0.6) is 11.5 Å². The molecule has 0 unspecified atom stereocenters.